The van der Waals surface area contributed by atoms with Crippen LogP contribution in [-0.2, 0) is 17.8 Å². The molecule has 0 bridgehead atoms. The summed E-state index contributed by atoms with van der Waals surface area (Å²) in [6, 6.07) is 9.48. The minimum atomic E-state index is -0.475. The quantitative estimate of drug-likeness (QED) is 0.816. The zero-order valence-corrected chi connectivity index (χ0v) is 17.5. The number of piperidine rings is 1. The molecule has 150 valence electrons. The first-order chi connectivity index (χ1) is 12.0. The molecule has 1 aliphatic rings. The van der Waals surface area contributed by atoms with Crippen molar-refractivity contribution in [1.82, 2.24) is 19.7 Å². The monoisotopic (exact) mass is 413 g/mol. The molecule has 3 rings (SSSR count). The van der Waals surface area contributed by atoms with Crippen LogP contribution in [0.25, 0.3) is 0 Å². The van der Waals surface area contributed by atoms with Gasteiger partial charge in [0.25, 0.3) is 0 Å². The third-order valence-electron chi connectivity index (χ3n) is 4.84. The summed E-state index contributed by atoms with van der Waals surface area (Å²) in [4.78, 5) is 19.0. The fourth-order valence-electron chi connectivity index (χ4n) is 3.58. The second-order valence-electron chi connectivity index (χ2n) is 6.98. The van der Waals surface area contributed by atoms with Crippen molar-refractivity contribution in [1.29, 1.82) is 0 Å². The first-order valence-corrected chi connectivity index (χ1v) is 8.99. The fraction of sp³-hybridized carbons (Fsp3) is 0.526. The number of aryl methyl sites for hydroxylation is 2. The average molecular weight is 414 g/mol. The number of nitrogens with two attached hydrogens (primary N) is 1. The second-order valence-corrected chi connectivity index (χ2v) is 6.98. The summed E-state index contributed by atoms with van der Waals surface area (Å²) in [5.41, 5.74) is 7.29. The van der Waals surface area contributed by atoms with E-state index in [-0.39, 0.29) is 30.7 Å². The van der Waals surface area contributed by atoms with Crippen molar-refractivity contribution in [3.8, 4) is 0 Å². The maximum Gasteiger partial charge on any atom is 0.239 e. The summed E-state index contributed by atoms with van der Waals surface area (Å²) >= 11 is 0. The van der Waals surface area contributed by atoms with E-state index in [1.807, 2.05) is 53.8 Å². The number of benzene rings is 1. The molecule has 8 heteroatoms. The van der Waals surface area contributed by atoms with Gasteiger partial charge in [0.15, 0.2) is 0 Å². The molecule has 1 aliphatic heterocycles. The van der Waals surface area contributed by atoms with Crippen molar-refractivity contribution in [2.24, 2.45) is 11.7 Å². The number of aromatic nitrogens is 3. The van der Waals surface area contributed by atoms with E-state index in [9.17, 15) is 4.79 Å². The topological polar surface area (TPSA) is 77.0 Å². The maximum absolute atomic E-state index is 12.7. The summed E-state index contributed by atoms with van der Waals surface area (Å²) in [5, 5.41) is 4.44. The van der Waals surface area contributed by atoms with Gasteiger partial charge in [0.05, 0.1) is 6.04 Å². The van der Waals surface area contributed by atoms with Crippen molar-refractivity contribution in [2.75, 3.05) is 13.1 Å². The van der Waals surface area contributed by atoms with Crippen molar-refractivity contribution in [2.45, 2.75) is 45.7 Å². The summed E-state index contributed by atoms with van der Waals surface area (Å²) in [5.74, 6) is 2.19. The summed E-state index contributed by atoms with van der Waals surface area (Å²) < 4.78 is 1.96. The molecular formula is C19H29Cl2N5O. The Bertz CT molecular complexity index is 722. The van der Waals surface area contributed by atoms with Gasteiger partial charge in [-0.15, -0.1) is 24.8 Å². The van der Waals surface area contributed by atoms with E-state index in [2.05, 4.69) is 10.1 Å². The molecule has 1 amide bonds. The Morgan fingerprint density at radius 2 is 1.96 bits per heavy atom. The van der Waals surface area contributed by atoms with Gasteiger partial charge in [-0.2, -0.15) is 5.10 Å². The Labute approximate surface area is 173 Å². The Kier molecular flexibility index (Phi) is 9.22. The average Bonchev–Trinajstić information content (AvgIpc) is 2.92. The molecule has 2 atom stereocenters. The zero-order valence-electron chi connectivity index (χ0n) is 15.9. The molecule has 1 saturated heterocycles. The highest BCUT2D eigenvalue weighted by Crippen LogP contribution is 2.19. The maximum atomic E-state index is 12.7. The smallest absolute Gasteiger partial charge is 0.239 e. The minimum Gasteiger partial charge on any atom is -0.341 e. The van der Waals surface area contributed by atoms with E-state index < -0.39 is 6.04 Å². The summed E-state index contributed by atoms with van der Waals surface area (Å²) in [6.45, 7) is 6.24. The van der Waals surface area contributed by atoms with Crippen molar-refractivity contribution in [3.05, 3.63) is 47.5 Å². The summed E-state index contributed by atoms with van der Waals surface area (Å²) in [7, 11) is 0. The minimum absolute atomic E-state index is 0. The Balaban J connectivity index is 0.00000182. The van der Waals surface area contributed by atoms with Crippen LogP contribution in [0.2, 0.25) is 0 Å². The van der Waals surface area contributed by atoms with Gasteiger partial charge < -0.3 is 10.6 Å². The predicted molar refractivity (Wildman–Crippen MR) is 111 cm³/mol. The Morgan fingerprint density at radius 3 is 2.59 bits per heavy atom. The number of carbonyl (C=O) groups is 1. The normalized spacial score (nSPS) is 17.6. The van der Waals surface area contributed by atoms with Crippen LogP contribution in [0.3, 0.4) is 0 Å². The number of likely N-dealkylation sites (tertiary alicyclic amines) is 1. The van der Waals surface area contributed by atoms with Gasteiger partial charge in [-0.25, -0.2) is 9.67 Å². The van der Waals surface area contributed by atoms with E-state index in [4.69, 9.17) is 5.73 Å². The van der Waals surface area contributed by atoms with Crippen LogP contribution in [-0.4, -0.2) is 44.7 Å². The number of amides is 1. The number of hydrogen-bond donors (Lipinski definition) is 1. The van der Waals surface area contributed by atoms with E-state index in [0.717, 1.165) is 49.7 Å². The van der Waals surface area contributed by atoms with Gasteiger partial charge in [0, 0.05) is 19.6 Å². The molecule has 0 spiro atoms. The van der Waals surface area contributed by atoms with Crippen molar-refractivity contribution >= 4 is 30.7 Å². The molecule has 2 unspecified atom stereocenters. The lowest BCUT2D eigenvalue weighted by Gasteiger charge is -2.34. The summed E-state index contributed by atoms with van der Waals surface area (Å²) in [6.07, 6.45) is 2.71. The lowest BCUT2D eigenvalue weighted by Crippen LogP contribution is -2.49. The number of rotatable bonds is 5. The SMILES string of the molecule is Cc1nc(C)n(CC2CCCN(C(=O)C(N)Cc3ccccc3)C2)n1.Cl.Cl. The van der Waals surface area contributed by atoms with Gasteiger partial charge in [-0.3, -0.25) is 4.79 Å². The van der Waals surface area contributed by atoms with E-state index in [1.54, 1.807) is 0 Å². The molecule has 0 aliphatic carbocycles. The molecule has 2 N–H and O–H groups in total. The van der Waals surface area contributed by atoms with E-state index in [1.165, 1.54) is 0 Å². The first-order valence-electron chi connectivity index (χ1n) is 8.99. The highest BCUT2D eigenvalue weighted by Gasteiger charge is 2.27. The second kappa shape index (κ2) is 10.6. The first kappa shape index (κ1) is 23.4. The zero-order chi connectivity index (χ0) is 17.8. The molecule has 1 aromatic carbocycles. The van der Waals surface area contributed by atoms with Gasteiger partial charge >= 0.3 is 0 Å². The van der Waals surface area contributed by atoms with Gasteiger partial charge in [-0.05, 0) is 44.6 Å². The number of halogens is 2. The van der Waals surface area contributed by atoms with Crippen molar-refractivity contribution in [3.63, 3.8) is 0 Å². The lowest BCUT2D eigenvalue weighted by molar-refractivity contribution is -0.134. The third kappa shape index (κ3) is 6.19. The molecule has 0 radical (unpaired) electrons. The largest absolute Gasteiger partial charge is 0.341 e. The highest BCUT2D eigenvalue weighted by atomic mass is 35.5. The Morgan fingerprint density at radius 1 is 1.26 bits per heavy atom. The fourth-order valence-corrected chi connectivity index (χ4v) is 3.58. The number of carbonyl (C=O) groups excluding carboxylic acids is 1. The highest BCUT2D eigenvalue weighted by molar-refractivity contribution is 5.85. The van der Waals surface area contributed by atoms with Gasteiger partial charge in [0.2, 0.25) is 5.91 Å². The molecule has 2 heterocycles. The third-order valence-corrected chi connectivity index (χ3v) is 4.84. The molecule has 27 heavy (non-hydrogen) atoms. The lowest BCUT2D eigenvalue weighted by atomic mass is 9.96. The van der Waals surface area contributed by atoms with Crippen molar-refractivity contribution < 1.29 is 4.79 Å². The number of hydrogen-bond acceptors (Lipinski definition) is 4. The molecule has 0 saturated carbocycles. The predicted octanol–water partition coefficient (Wildman–Crippen LogP) is 2.55. The van der Waals surface area contributed by atoms with E-state index in [0.29, 0.717) is 12.3 Å². The molecule has 6 nitrogen and oxygen atoms in total. The van der Waals surface area contributed by atoms with Crippen LogP contribution in [0.4, 0.5) is 0 Å². The van der Waals surface area contributed by atoms with Gasteiger partial charge in [0.1, 0.15) is 11.6 Å². The van der Waals surface area contributed by atoms with Crippen LogP contribution in [0, 0.1) is 19.8 Å². The van der Waals surface area contributed by atoms with Crippen LogP contribution >= 0.6 is 24.8 Å². The standard InChI is InChI=1S/C19H27N5O.2ClH/c1-14-21-15(2)24(22-14)13-17-9-6-10-23(12-17)19(25)18(20)11-16-7-4-3-5-8-16;;/h3-5,7-8,17-18H,6,9-13,20H2,1-2H3;2*1H. The van der Waals surface area contributed by atoms with E-state index >= 15 is 0 Å². The molecule has 2 aromatic rings. The molecular weight excluding hydrogens is 385 g/mol. The van der Waals surface area contributed by atoms with Crippen LogP contribution in [0.5, 0.6) is 0 Å². The Hall–Kier alpha value is -1.63. The van der Waals surface area contributed by atoms with Crippen LogP contribution < -0.4 is 5.73 Å². The van der Waals surface area contributed by atoms with Gasteiger partial charge in [-0.1, -0.05) is 30.3 Å². The van der Waals surface area contributed by atoms with Crippen LogP contribution in [0.1, 0.15) is 30.1 Å². The number of nitrogens with zero attached hydrogens (tertiary/aromatic N) is 4. The van der Waals surface area contributed by atoms with Crippen LogP contribution in [0.15, 0.2) is 30.3 Å². The molecule has 1 fully saturated rings. The molecule has 1 aromatic heterocycles.